The highest BCUT2D eigenvalue weighted by Crippen LogP contribution is 2.21. The zero-order valence-electron chi connectivity index (χ0n) is 20.4. The van der Waals surface area contributed by atoms with Gasteiger partial charge in [-0.1, -0.05) is 17.7 Å². The smallest absolute Gasteiger partial charge is 0.259 e. The van der Waals surface area contributed by atoms with Gasteiger partial charge in [0, 0.05) is 36.8 Å². The van der Waals surface area contributed by atoms with Crippen molar-refractivity contribution in [3.05, 3.63) is 87.7 Å². The number of rotatable bonds is 7. The average Bonchev–Trinajstić information content (AvgIpc) is 2.87. The van der Waals surface area contributed by atoms with E-state index in [4.69, 9.17) is 17.0 Å². The van der Waals surface area contributed by atoms with Gasteiger partial charge in [0.15, 0.2) is 0 Å². The highest BCUT2D eigenvalue weighted by Gasteiger charge is 2.21. The molecule has 1 aliphatic heterocycles. The number of allylic oxidation sites excluding steroid dienone is 3. The van der Waals surface area contributed by atoms with Crippen LogP contribution in [0.2, 0.25) is 0 Å². The summed E-state index contributed by atoms with van der Waals surface area (Å²) in [7, 11) is 2.00. The summed E-state index contributed by atoms with van der Waals surface area (Å²) in [4.78, 5) is 33.3. The van der Waals surface area contributed by atoms with Gasteiger partial charge in [0.1, 0.15) is 23.3 Å². The van der Waals surface area contributed by atoms with Crippen LogP contribution in [0.4, 0.5) is 14.5 Å². The number of carbonyl (C=O) groups is 2. The summed E-state index contributed by atoms with van der Waals surface area (Å²) in [6, 6.07) is 7.10. The molecule has 1 saturated heterocycles. The molecule has 2 amide bonds. The standard InChI is InChI=1S/C26H27ClF2N6O2/c1-16(27)4-9-23(31-2)33-26(37)20-15-18(28)6-8-22(20)32-25(36)19-7-5-17(14-21(19)29)24(30)35-12-10-34(3)11-13-35/h4-9,14-15,30H,2,10-13H2,1,3H3,(H,32,36)(H,33,37)/b16-4+,23-9+,30-24?. The summed E-state index contributed by atoms with van der Waals surface area (Å²) in [6.45, 7) is 7.87. The summed E-state index contributed by atoms with van der Waals surface area (Å²) >= 11 is 5.78. The molecule has 0 spiro atoms. The second-order valence-electron chi connectivity index (χ2n) is 8.40. The van der Waals surface area contributed by atoms with E-state index < -0.39 is 23.4 Å². The van der Waals surface area contributed by atoms with Crippen molar-refractivity contribution < 1.29 is 18.4 Å². The van der Waals surface area contributed by atoms with Crippen molar-refractivity contribution in [2.75, 3.05) is 38.5 Å². The van der Waals surface area contributed by atoms with E-state index in [0.717, 1.165) is 31.3 Å². The number of halogens is 3. The van der Waals surface area contributed by atoms with Gasteiger partial charge in [-0.15, -0.1) is 0 Å². The number of aliphatic imine (C=N–C) groups is 1. The molecule has 8 nitrogen and oxygen atoms in total. The molecule has 0 saturated carbocycles. The Labute approximate surface area is 218 Å². The van der Waals surface area contributed by atoms with E-state index in [1.807, 2.05) is 11.9 Å². The number of piperazine rings is 1. The molecule has 2 aromatic carbocycles. The van der Waals surface area contributed by atoms with E-state index in [9.17, 15) is 18.4 Å². The van der Waals surface area contributed by atoms with Gasteiger partial charge in [0.05, 0.1) is 16.8 Å². The lowest BCUT2D eigenvalue weighted by molar-refractivity contribution is 0.0966. The van der Waals surface area contributed by atoms with Crippen LogP contribution in [0.5, 0.6) is 0 Å². The first kappa shape index (κ1) is 27.7. The summed E-state index contributed by atoms with van der Waals surface area (Å²) in [5.74, 6) is -2.92. The van der Waals surface area contributed by atoms with Crippen molar-refractivity contribution >= 4 is 41.7 Å². The number of nitrogens with zero attached hydrogens (tertiary/aromatic N) is 3. The molecule has 37 heavy (non-hydrogen) atoms. The maximum absolute atomic E-state index is 14.9. The maximum atomic E-state index is 14.9. The molecule has 3 N–H and O–H groups in total. The third-order valence-electron chi connectivity index (χ3n) is 5.66. The van der Waals surface area contributed by atoms with E-state index in [0.29, 0.717) is 23.7 Å². The van der Waals surface area contributed by atoms with Crippen LogP contribution in [0.25, 0.3) is 0 Å². The van der Waals surface area contributed by atoms with Gasteiger partial charge in [-0.25, -0.2) is 13.8 Å². The molecule has 0 aliphatic carbocycles. The first-order valence-corrected chi connectivity index (χ1v) is 11.7. The predicted octanol–water partition coefficient (Wildman–Crippen LogP) is 4.20. The van der Waals surface area contributed by atoms with Crippen LogP contribution in [-0.2, 0) is 0 Å². The van der Waals surface area contributed by atoms with Gasteiger partial charge < -0.3 is 20.4 Å². The molecule has 1 aliphatic rings. The highest BCUT2D eigenvalue weighted by atomic mass is 35.5. The van der Waals surface area contributed by atoms with E-state index in [1.54, 1.807) is 6.92 Å². The van der Waals surface area contributed by atoms with Gasteiger partial charge in [-0.3, -0.25) is 15.0 Å². The molecule has 2 aromatic rings. The fourth-order valence-electron chi connectivity index (χ4n) is 3.57. The molecule has 11 heteroatoms. The Morgan fingerprint density at radius 3 is 2.38 bits per heavy atom. The lowest BCUT2D eigenvalue weighted by Gasteiger charge is -2.34. The van der Waals surface area contributed by atoms with Crippen LogP contribution in [0.1, 0.15) is 33.2 Å². The van der Waals surface area contributed by atoms with E-state index in [2.05, 4.69) is 27.2 Å². The molecular formula is C26H27ClF2N6O2. The molecule has 0 bridgehead atoms. The Bertz CT molecular complexity index is 1280. The lowest BCUT2D eigenvalue weighted by Crippen LogP contribution is -2.47. The van der Waals surface area contributed by atoms with Crippen LogP contribution in [0.15, 0.2) is 64.4 Å². The average molecular weight is 529 g/mol. The minimum absolute atomic E-state index is 0.0370. The third-order valence-corrected chi connectivity index (χ3v) is 5.79. The Kier molecular flexibility index (Phi) is 9.26. The molecule has 3 rings (SSSR count). The summed E-state index contributed by atoms with van der Waals surface area (Å²) in [5.41, 5.74) is -0.187. The summed E-state index contributed by atoms with van der Waals surface area (Å²) in [5, 5.41) is 13.7. The number of hydrogen-bond acceptors (Lipinski definition) is 5. The Hall–Kier alpha value is -3.89. The maximum Gasteiger partial charge on any atom is 0.259 e. The second-order valence-corrected chi connectivity index (χ2v) is 8.99. The molecule has 1 fully saturated rings. The molecule has 0 unspecified atom stereocenters. The van der Waals surface area contributed by atoms with E-state index in [-0.39, 0.29) is 28.5 Å². The molecule has 194 valence electrons. The minimum atomic E-state index is -0.839. The van der Waals surface area contributed by atoms with Gasteiger partial charge in [-0.2, -0.15) is 0 Å². The van der Waals surface area contributed by atoms with Crippen molar-refractivity contribution in [1.82, 2.24) is 15.1 Å². The number of likely N-dealkylation sites (N-methyl/N-ethyl adjacent to an activating group) is 1. The fourth-order valence-corrected chi connectivity index (χ4v) is 3.64. The quantitative estimate of drug-likeness (QED) is 0.285. The fraction of sp³-hybridized carbons (Fsp3) is 0.231. The summed E-state index contributed by atoms with van der Waals surface area (Å²) in [6.07, 6.45) is 2.89. The molecular weight excluding hydrogens is 502 g/mol. The van der Waals surface area contributed by atoms with E-state index in [1.165, 1.54) is 30.4 Å². The largest absolute Gasteiger partial charge is 0.354 e. The number of amides is 2. The Morgan fingerprint density at radius 2 is 1.76 bits per heavy atom. The van der Waals surface area contributed by atoms with Crippen molar-refractivity contribution in [1.29, 1.82) is 5.41 Å². The topological polar surface area (TPSA) is 101 Å². The normalized spacial score (nSPS) is 14.8. The number of amidine groups is 1. The Balaban J connectivity index is 1.79. The predicted molar refractivity (Wildman–Crippen MR) is 141 cm³/mol. The zero-order chi connectivity index (χ0) is 27.1. The van der Waals surface area contributed by atoms with Gasteiger partial charge in [0.25, 0.3) is 11.8 Å². The van der Waals surface area contributed by atoms with Crippen molar-refractivity contribution in [3.63, 3.8) is 0 Å². The van der Waals surface area contributed by atoms with Crippen LogP contribution >= 0.6 is 11.6 Å². The number of nitrogens with one attached hydrogen (secondary N) is 3. The second kappa shape index (κ2) is 12.4. The number of benzene rings is 2. The molecule has 0 radical (unpaired) electrons. The summed E-state index contributed by atoms with van der Waals surface area (Å²) < 4.78 is 28.9. The van der Waals surface area contributed by atoms with Crippen LogP contribution in [0.3, 0.4) is 0 Å². The highest BCUT2D eigenvalue weighted by molar-refractivity contribution is 6.29. The monoisotopic (exact) mass is 528 g/mol. The molecule has 0 aromatic heterocycles. The van der Waals surface area contributed by atoms with Gasteiger partial charge in [0.2, 0.25) is 0 Å². The van der Waals surface area contributed by atoms with Gasteiger partial charge in [-0.05, 0) is 63.2 Å². The van der Waals surface area contributed by atoms with Crippen molar-refractivity contribution in [2.45, 2.75) is 6.92 Å². The first-order chi connectivity index (χ1) is 17.6. The zero-order valence-corrected chi connectivity index (χ0v) is 21.2. The minimum Gasteiger partial charge on any atom is -0.354 e. The van der Waals surface area contributed by atoms with Gasteiger partial charge >= 0.3 is 0 Å². The van der Waals surface area contributed by atoms with Crippen molar-refractivity contribution in [3.8, 4) is 0 Å². The van der Waals surface area contributed by atoms with Crippen molar-refractivity contribution in [2.24, 2.45) is 4.99 Å². The number of anilines is 1. The first-order valence-electron chi connectivity index (χ1n) is 11.3. The third kappa shape index (κ3) is 7.31. The Morgan fingerprint density at radius 1 is 1.05 bits per heavy atom. The number of hydrogen-bond donors (Lipinski definition) is 3. The molecule has 0 atom stereocenters. The van der Waals surface area contributed by atoms with Crippen LogP contribution in [-0.4, -0.2) is 67.4 Å². The van der Waals surface area contributed by atoms with Crippen LogP contribution < -0.4 is 10.6 Å². The SMILES string of the molecule is C=N/C(=C\C=C(/C)Cl)NC(=O)c1cc(F)ccc1NC(=O)c1ccc(C(=N)N2CCN(C)CC2)cc1F. The molecule has 1 heterocycles. The van der Waals surface area contributed by atoms with E-state index >= 15 is 0 Å². The lowest BCUT2D eigenvalue weighted by atomic mass is 10.1. The van der Waals surface area contributed by atoms with Crippen LogP contribution in [0, 0.1) is 17.0 Å². The number of carbonyl (C=O) groups excluding carboxylic acids is 2.